The van der Waals surface area contributed by atoms with Crippen LogP contribution in [0.5, 0.6) is 0 Å². The van der Waals surface area contributed by atoms with Crippen molar-refractivity contribution >= 4 is 36.6 Å². The lowest BCUT2D eigenvalue weighted by Crippen LogP contribution is -2.41. The van der Waals surface area contributed by atoms with Crippen LogP contribution in [0.15, 0.2) is 0 Å². The van der Waals surface area contributed by atoms with Crippen LogP contribution in [0.3, 0.4) is 0 Å². The molecule has 0 saturated carbocycles. The van der Waals surface area contributed by atoms with Gasteiger partial charge in [-0.3, -0.25) is 14.5 Å². The molecule has 8 heteroatoms. The van der Waals surface area contributed by atoms with E-state index < -0.39 is 0 Å². The molecule has 3 fully saturated rings. The van der Waals surface area contributed by atoms with Crippen molar-refractivity contribution in [1.29, 1.82) is 0 Å². The van der Waals surface area contributed by atoms with Gasteiger partial charge in [-0.1, -0.05) is 6.92 Å². The van der Waals surface area contributed by atoms with E-state index in [-0.39, 0.29) is 30.7 Å². The summed E-state index contributed by atoms with van der Waals surface area (Å²) in [5.41, 5.74) is 0. The van der Waals surface area contributed by atoms with Gasteiger partial charge < -0.3 is 15.1 Å². The third-order valence-corrected chi connectivity index (χ3v) is 6.40. The highest BCUT2D eigenvalue weighted by atomic mass is 35.5. The predicted octanol–water partition coefficient (Wildman–Crippen LogP) is 2.01. The third-order valence-electron chi connectivity index (χ3n) is 6.40. The van der Waals surface area contributed by atoms with Gasteiger partial charge in [-0.15, -0.1) is 24.8 Å². The second-order valence-electron chi connectivity index (χ2n) is 8.39. The van der Waals surface area contributed by atoms with E-state index in [1.54, 1.807) is 0 Å². The van der Waals surface area contributed by atoms with Gasteiger partial charge in [0.2, 0.25) is 11.8 Å². The Morgan fingerprint density at radius 1 is 0.893 bits per heavy atom. The fourth-order valence-corrected chi connectivity index (χ4v) is 4.57. The molecule has 0 bridgehead atoms. The number of halogens is 2. The number of piperidine rings is 1. The van der Waals surface area contributed by atoms with E-state index in [2.05, 4.69) is 17.1 Å². The maximum absolute atomic E-state index is 12.8. The van der Waals surface area contributed by atoms with Crippen LogP contribution in [0.2, 0.25) is 0 Å². The second kappa shape index (κ2) is 12.9. The van der Waals surface area contributed by atoms with Crippen molar-refractivity contribution in [2.45, 2.75) is 45.4 Å². The van der Waals surface area contributed by atoms with Gasteiger partial charge in [0.05, 0.1) is 6.54 Å². The Labute approximate surface area is 182 Å². The fourth-order valence-electron chi connectivity index (χ4n) is 4.57. The van der Waals surface area contributed by atoms with Crippen LogP contribution in [-0.4, -0.2) is 85.4 Å². The van der Waals surface area contributed by atoms with E-state index in [1.807, 2.05) is 9.80 Å². The molecule has 0 aromatic carbocycles. The van der Waals surface area contributed by atoms with Crippen LogP contribution in [-0.2, 0) is 9.59 Å². The number of rotatable bonds is 5. The number of amides is 2. The first kappa shape index (κ1) is 25.5. The summed E-state index contributed by atoms with van der Waals surface area (Å²) in [6, 6.07) is 0. The molecule has 0 aromatic rings. The molecule has 1 N–H and O–H groups in total. The molecule has 3 aliphatic heterocycles. The van der Waals surface area contributed by atoms with Gasteiger partial charge in [-0.2, -0.15) is 0 Å². The number of hydrogen-bond acceptors (Lipinski definition) is 4. The van der Waals surface area contributed by atoms with Crippen molar-refractivity contribution in [3.05, 3.63) is 0 Å². The summed E-state index contributed by atoms with van der Waals surface area (Å²) in [4.78, 5) is 31.4. The molecule has 2 amide bonds. The molecule has 0 aromatic heterocycles. The monoisotopic (exact) mass is 436 g/mol. The lowest BCUT2D eigenvalue weighted by atomic mass is 9.85. The van der Waals surface area contributed by atoms with E-state index in [0.29, 0.717) is 30.7 Å². The Morgan fingerprint density at radius 3 is 2.25 bits per heavy atom. The van der Waals surface area contributed by atoms with Gasteiger partial charge in [0.25, 0.3) is 0 Å². The SMILES string of the molecule is CC(CC(=O)N1CCCN(CC(=O)N2CCCC2)CC1)C1CCCNC1.Cl.Cl. The standard InChI is InChI=1S/C20H36N4O2.2ClH/c1-17(18-6-4-7-21-15-18)14-19(25)24-11-5-8-22(12-13-24)16-20(26)23-9-2-3-10-23;;/h17-18,21H,2-16H2,1H3;2*1H. The number of hydrogen-bond donors (Lipinski definition) is 1. The summed E-state index contributed by atoms with van der Waals surface area (Å²) >= 11 is 0. The summed E-state index contributed by atoms with van der Waals surface area (Å²) in [5.74, 6) is 1.65. The van der Waals surface area contributed by atoms with Crippen molar-refractivity contribution < 1.29 is 9.59 Å². The average Bonchev–Trinajstić information content (AvgIpc) is 3.10. The van der Waals surface area contributed by atoms with Crippen LogP contribution >= 0.6 is 24.8 Å². The van der Waals surface area contributed by atoms with Crippen molar-refractivity contribution in [2.75, 3.05) is 58.9 Å². The Hall–Kier alpha value is -0.560. The molecule has 0 aliphatic carbocycles. The number of carbonyl (C=O) groups is 2. The molecule has 3 saturated heterocycles. The first-order valence-electron chi connectivity index (χ1n) is 10.6. The minimum Gasteiger partial charge on any atom is -0.342 e. The molecule has 6 nitrogen and oxygen atoms in total. The number of nitrogens with one attached hydrogen (secondary N) is 1. The highest BCUT2D eigenvalue weighted by Gasteiger charge is 2.27. The molecule has 28 heavy (non-hydrogen) atoms. The van der Waals surface area contributed by atoms with E-state index >= 15 is 0 Å². The highest BCUT2D eigenvalue weighted by molar-refractivity contribution is 5.85. The lowest BCUT2D eigenvalue weighted by molar-refractivity contribution is -0.132. The summed E-state index contributed by atoms with van der Waals surface area (Å²) in [5, 5.41) is 3.46. The lowest BCUT2D eigenvalue weighted by Gasteiger charge is -2.30. The number of likely N-dealkylation sites (tertiary alicyclic amines) is 1. The fraction of sp³-hybridized carbons (Fsp3) is 0.900. The Morgan fingerprint density at radius 2 is 1.57 bits per heavy atom. The van der Waals surface area contributed by atoms with Crippen LogP contribution < -0.4 is 5.32 Å². The molecule has 2 unspecified atom stereocenters. The van der Waals surface area contributed by atoms with Gasteiger partial charge in [-0.25, -0.2) is 0 Å². The molecule has 164 valence electrons. The molecule has 3 aliphatic rings. The Balaban J connectivity index is 0.00000196. The van der Waals surface area contributed by atoms with Gasteiger partial charge in [0, 0.05) is 45.7 Å². The maximum atomic E-state index is 12.8. The van der Waals surface area contributed by atoms with E-state index in [0.717, 1.165) is 71.6 Å². The zero-order chi connectivity index (χ0) is 18.4. The van der Waals surface area contributed by atoms with E-state index in [9.17, 15) is 9.59 Å². The quantitative estimate of drug-likeness (QED) is 0.715. The maximum Gasteiger partial charge on any atom is 0.236 e. The van der Waals surface area contributed by atoms with Crippen LogP contribution in [0.1, 0.15) is 45.4 Å². The zero-order valence-electron chi connectivity index (χ0n) is 17.2. The van der Waals surface area contributed by atoms with E-state index in [1.165, 1.54) is 12.8 Å². The molecule has 2 atom stereocenters. The van der Waals surface area contributed by atoms with Gasteiger partial charge in [0.15, 0.2) is 0 Å². The highest BCUT2D eigenvalue weighted by Crippen LogP contribution is 2.23. The normalized spacial score (nSPS) is 24.7. The van der Waals surface area contributed by atoms with Gasteiger partial charge in [0.1, 0.15) is 0 Å². The topological polar surface area (TPSA) is 55.9 Å². The average molecular weight is 437 g/mol. The summed E-state index contributed by atoms with van der Waals surface area (Å²) < 4.78 is 0. The smallest absolute Gasteiger partial charge is 0.236 e. The number of nitrogens with zero attached hydrogens (tertiary/aromatic N) is 3. The van der Waals surface area contributed by atoms with Gasteiger partial charge in [-0.05, 0) is 57.0 Å². The van der Waals surface area contributed by atoms with Crippen molar-refractivity contribution in [1.82, 2.24) is 20.0 Å². The second-order valence-corrected chi connectivity index (χ2v) is 8.39. The molecular weight excluding hydrogens is 399 g/mol. The molecular formula is C20H38Cl2N4O2. The first-order valence-corrected chi connectivity index (χ1v) is 10.6. The minimum atomic E-state index is 0. The summed E-state index contributed by atoms with van der Waals surface area (Å²) in [7, 11) is 0. The van der Waals surface area contributed by atoms with Crippen LogP contribution in [0, 0.1) is 11.8 Å². The molecule has 0 radical (unpaired) electrons. The minimum absolute atomic E-state index is 0. The predicted molar refractivity (Wildman–Crippen MR) is 117 cm³/mol. The molecule has 3 rings (SSSR count). The zero-order valence-corrected chi connectivity index (χ0v) is 18.9. The van der Waals surface area contributed by atoms with E-state index in [4.69, 9.17) is 0 Å². The molecule has 0 spiro atoms. The van der Waals surface area contributed by atoms with Crippen LogP contribution in [0.25, 0.3) is 0 Å². The summed E-state index contributed by atoms with van der Waals surface area (Å²) in [6.07, 6.45) is 6.39. The summed E-state index contributed by atoms with van der Waals surface area (Å²) in [6.45, 7) is 10.1. The third kappa shape index (κ3) is 7.36. The Kier molecular flexibility index (Phi) is 11.7. The largest absolute Gasteiger partial charge is 0.342 e. The van der Waals surface area contributed by atoms with Crippen molar-refractivity contribution in [3.8, 4) is 0 Å². The Bertz CT molecular complexity index is 483. The van der Waals surface area contributed by atoms with Crippen molar-refractivity contribution in [3.63, 3.8) is 0 Å². The first-order chi connectivity index (χ1) is 12.6. The van der Waals surface area contributed by atoms with Gasteiger partial charge >= 0.3 is 0 Å². The number of carbonyl (C=O) groups excluding carboxylic acids is 2. The van der Waals surface area contributed by atoms with Crippen molar-refractivity contribution in [2.24, 2.45) is 11.8 Å². The molecule has 3 heterocycles. The van der Waals surface area contributed by atoms with Crippen LogP contribution in [0.4, 0.5) is 0 Å².